The number of nitrogens with one attached hydrogen (secondary N) is 2. The molecule has 0 saturated carbocycles. The molecule has 1 aromatic heterocycles. The Morgan fingerprint density at radius 3 is 2.49 bits per heavy atom. The summed E-state index contributed by atoms with van der Waals surface area (Å²) >= 11 is 0. The highest BCUT2D eigenvalue weighted by molar-refractivity contribution is 5.94. The average Bonchev–Trinajstić information content (AvgIpc) is 3.83. The van der Waals surface area contributed by atoms with Crippen molar-refractivity contribution in [2.45, 2.75) is 109 Å². The zero-order chi connectivity index (χ0) is 35.1. The Bertz CT molecular complexity index is 1700. The standard InChI is InChI=1S/C38H47N5O6/c1-5-28-29-17-15-26(23-39)21-31(29)40-30(28)18-16-27-13-9-19-42(27)36(46)33-14-10-20-43(33)35(45)32(41-37(47)49-38(2,3)4)22-34(44)48-24-25-11-7-6-8-12-25/h6-8,11-12,15,17,21,27,32-33,40H,5,9-10,13-14,16,18-20,22,24H2,1-4H3,(H,41,47)/t27-,32-,33+/m0/s1. The van der Waals surface area contributed by atoms with Gasteiger partial charge in [0.1, 0.15) is 24.3 Å². The van der Waals surface area contributed by atoms with E-state index in [-0.39, 0.29) is 18.6 Å². The molecule has 2 aliphatic rings. The first-order chi connectivity index (χ1) is 23.5. The number of H-pyrrole nitrogens is 1. The smallest absolute Gasteiger partial charge is 0.408 e. The number of rotatable bonds is 11. The molecular weight excluding hydrogens is 622 g/mol. The van der Waals surface area contributed by atoms with E-state index in [0.29, 0.717) is 31.5 Å². The van der Waals surface area contributed by atoms with E-state index in [1.54, 1.807) is 20.8 Å². The van der Waals surface area contributed by atoms with Crippen LogP contribution in [0.2, 0.25) is 0 Å². The van der Waals surface area contributed by atoms with Gasteiger partial charge >= 0.3 is 12.1 Å². The lowest BCUT2D eigenvalue weighted by Crippen LogP contribution is -2.55. The van der Waals surface area contributed by atoms with Crippen molar-refractivity contribution < 1.29 is 28.7 Å². The maximum absolute atomic E-state index is 14.1. The van der Waals surface area contributed by atoms with E-state index in [0.717, 1.165) is 54.3 Å². The second kappa shape index (κ2) is 15.6. The first-order valence-electron chi connectivity index (χ1n) is 17.3. The highest BCUT2D eigenvalue weighted by Gasteiger charge is 2.42. The highest BCUT2D eigenvalue weighted by atomic mass is 16.6. The van der Waals surface area contributed by atoms with Crippen molar-refractivity contribution >= 4 is 34.8 Å². The van der Waals surface area contributed by atoms with Gasteiger partial charge in [-0.05, 0) is 89.0 Å². The number of likely N-dealkylation sites (tertiary alicyclic amines) is 2. The van der Waals surface area contributed by atoms with Crippen molar-refractivity contribution in [3.05, 3.63) is 70.9 Å². The predicted octanol–water partition coefficient (Wildman–Crippen LogP) is 5.54. The summed E-state index contributed by atoms with van der Waals surface area (Å²) in [6, 6.07) is 15.2. The van der Waals surface area contributed by atoms with E-state index >= 15 is 0 Å². The normalized spacial score (nSPS) is 18.3. The molecule has 0 bridgehead atoms. The Labute approximate surface area is 287 Å². The van der Waals surface area contributed by atoms with Crippen LogP contribution in [0.4, 0.5) is 4.79 Å². The summed E-state index contributed by atoms with van der Waals surface area (Å²) in [4.78, 5) is 60.8. The van der Waals surface area contributed by atoms with Gasteiger partial charge in [0.05, 0.1) is 18.1 Å². The number of amides is 3. The van der Waals surface area contributed by atoms with E-state index in [1.807, 2.05) is 53.4 Å². The Kier molecular flexibility index (Phi) is 11.3. The second-order valence-electron chi connectivity index (χ2n) is 13.9. The van der Waals surface area contributed by atoms with Crippen LogP contribution in [0.25, 0.3) is 10.9 Å². The number of fused-ring (bicyclic) bond motifs is 1. The SMILES string of the molecule is CCc1c(CC[C@@H]2CCCN2C(=O)[C@H]2CCCN2C(=O)[C@H](CC(=O)OCc2ccccc2)NC(=O)OC(C)(C)C)[nH]c2cc(C#N)ccc12. The van der Waals surface area contributed by atoms with Crippen LogP contribution in [-0.4, -0.2) is 75.5 Å². The van der Waals surface area contributed by atoms with Gasteiger partial charge < -0.3 is 29.6 Å². The van der Waals surface area contributed by atoms with Crippen molar-refractivity contribution in [3.63, 3.8) is 0 Å². The van der Waals surface area contributed by atoms with Crippen molar-refractivity contribution in [1.29, 1.82) is 5.26 Å². The lowest BCUT2D eigenvalue weighted by Gasteiger charge is -2.33. The summed E-state index contributed by atoms with van der Waals surface area (Å²) in [7, 11) is 0. The fourth-order valence-electron chi connectivity index (χ4n) is 7.03. The van der Waals surface area contributed by atoms with Gasteiger partial charge in [-0.1, -0.05) is 43.3 Å². The number of carbonyl (C=O) groups is 4. The Morgan fingerprint density at radius 1 is 1.04 bits per heavy atom. The number of alkyl carbamates (subject to hydrolysis) is 1. The number of aromatic nitrogens is 1. The number of hydrogen-bond acceptors (Lipinski definition) is 7. The maximum atomic E-state index is 14.1. The predicted molar refractivity (Wildman–Crippen MR) is 184 cm³/mol. The summed E-state index contributed by atoms with van der Waals surface area (Å²) in [5, 5.41) is 13.0. The van der Waals surface area contributed by atoms with Crippen molar-refractivity contribution in [2.24, 2.45) is 0 Å². The van der Waals surface area contributed by atoms with Crippen LogP contribution in [0.5, 0.6) is 0 Å². The third kappa shape index (κ3) is 8.79. The Morgan fingerprint density at radius 2 is 1.78 bits per heavy atom. The molecule has 5 rings (SSSR count). The number of benzene rings is 2. The molecule has 3 aromatic rings. The largest absolute Gasteiger partial charge is 0.461 e. The molecule has 2 aliphatic heterocycles. The molecule has 11 nitrogen and oxygen atoms in total. The van der Waals surface area contributed by atoms with E-state index in [2.05, 4.69) is 23.3 Å². The third-order valence-electron chi connectivity index (χ3n) is 9.29. The summed E-state index contributed by atoms with van der Waals surface area (Å²) < 4.78 is 10.8. The maximum Gasteiger partial charge on any atom is 0.408 e. The van der Waals surface area contributed by atoms with Gasteiger partial charge in [0.2, 0.25) is 11.8 Å². The van der Waals surface area contributed by atoms with Gasteiger partial charge in [-0.15, -0.1) is 0 Å². The lowest BCUT2D eigenvalue weighted by atomic mass is 10.0. The number of aryl methyl sites for hydroxylation is 2. The van der Waals surface area contributed by atoms with Crippen LogP contribution in [-0.2, 0) is 43.3 Å². The van der Waals surface area contributed by atoms with Crippen molar-refractivity contribution in [1.82, 2.24) is 20.1 Å². The molecule has 3 atom stereocenters. The summed E-state index contributed by atoms with van der Waals surface area (Å²) in [5.74, 6) is -1.24. The van der Waals surface area contributed by atoms with Gasteiger partial charge in [-0.2, -0.15) is 5.26 Å². The molecular formula is C38H47N5O6. The Balaban J connectivity index is 1.27. The molecule has 2 aromatic carbocycles. The fourth-order valence-corrected chi connectivity index (χ4v) is 7.03. The van der Waals surface area contributed by atoms with Crippen LogP contribution < -0.4 is 5.32 Å². The number of aromatic amines is 1. The number of nitriles is 1. The summed E-state index contributed by atoms with van der Waals surface area (Å²) in [6.45, 7) is 8.26. The molecule has 3 amide bonds. The minimum absolute atomic E-state index is 0.0273. The van der Waals surface area contributed by atoms with Crippen LogP contribution in [0.1, 0.15) is 88.6 Å². The van der Waals surface area contributed by atoms with Gasteiger partial charge in [0.15, 0.2) is 0 Å². The minimum Gasteiger partial charge on any atom is -0.461 e. The summed E-state index contributed by atoms with van der Waals surface area (Å²) in [5.41, 5.74) is 3.90. The van der Waals surface area contributed by atoms with Gasteiger partial charge in [0.25, 0.3) is 0 Å². The monoisotopic (exact) mass is 669 g/mol. The highest BCUT2D eigenvalue weighted by Crippen LogP contribution is 2.30. The molecule has 0 spiro atoms. The zero-order valence-corrected chi connectivity index (χ0v) is 28.9. The number of carbonyl (C=O) groups excluding carboxylic acids is 4. The summed E-state index contributed by atoms with van der Waals surface area (Å²) in [6.07, 6.45) is 4.07. The molecule has 3 heterocycles. The van der Waals surface area contributed by atoms with Gasteiger partial charge in [0, 0.05) is 35.7 Å². The van der Waals surface area contributed by atoms with Crippen LogP contribution in [0.3, 0.4) is 0 Å². The fraction of sp³-hybridized carbons (Fsp3) is 0.500. The van der Waals surface area contributed by atoms with Crippen LogP contribution in [0.15, 0.2) is 48.5 Å². The third-order valence-corrected chi connectivity index (χ3v) is 9.29. The minimum atomic E-state index is -1.25. The molecule has 49 heavy (non-hydrogen) atoms. The van der Waals surface area contributed by atoms with Crippen LogP contribution >= 0.6 is 0 Å². The van der Waals surface area contributed by atoms with E-state index in [1.165, 1.54) is 10.5 Å². The average molecular weight is 670 g/mol. The molecule has 2 N–H and O–H groups in total. The van der Waals surface area contributed by atoms with Crippen molar-refractivity contribution in [2.75, 3.05) is 13.1 Å². The van der Waals surface area contributed by atoms with E-state index in [4.69, 9.17) is 9.47 Å². The Hall–Kier alpha value is -4.85. The lowest BCUT2D eigenvalue weighted by molar-refractivity contribution is -0.150. The molecule has 0 aliphatic carbocycles. The molecule has 2 saturated heterocycles. The quantitative estimate of drug-likeness (QED) is 0.255. The molecule has 2 fully saturated rings. The van der Waals surface area contributed by atoms with Gasteiger partial charge in [-0.3, -0.25) is 14.4 Å². The van der Waals surface area contributed by atoms with E-state index < -0.39 is 42.1 Å². The number of hydrogen-bond donors (Lipinski definition) is 2. The van der Waals surface area contributed by atoms with Crippen LogP contribution in [0, 0.1) is 11.3 Å². The number of nitrogens with zero attached hydrogens (tertiary/aromatic N) is 3. The molecule has 0 radical (unpaired) electrons. The second-order valence-corrected chi connectivity index (χ2v) is 13.9. The molecule has 260 valence electrons. The topological polar surface area (TPSA) is 145 Å². The first kappa shape index (κ1) is 35.5. The van der Waals surface area contributed by atoms with E-state index in [9.17, 15) is 24.4 Å². The number of esters is 1. The zero-order valence-electron chi connectivity index (χ0n) is 28.9. The van der Waals surface area contributed by atoms with Crippen molar-refractivity contribution in [3.8, 4) is 6.07 Å². The first-order valence-corrected chi connectivity index (χ1v) is 17.3. The molecule has 11 heteroatoms. The number of ether oxygens (including phenoxy) is 2. The van der Waals surface area contributed by atoms with Gasteiger partial charge in [-0.25, -0.2) is 4.79 Å². The molecule has 0 unspecified atom stereocenters.